The third-order valence-corrected chi connectivity index (χ3v) is 2.13. The van der Waals surface area contributed by atoms with E-state index in [1.165, 1.54) is 0 Å². The molecule has 0 spiro atoms. The number of guanidine groups is 1. The van der Waals surface area contributed by atoms with Crippen LogP contribution in [0.5, 0.6) is 5.75 Å². The molecule has 0 aliphatic heterocycles. The van der Waals surface area contributed by atoms with Gasteiger partial charge in [-0.15, -0.1) is 5.10 Å². The smallest absolute Gasteiger partial charge is 0.211 e. The Morgan fingerprint density at radius 1 is 1.37 bits per heavy atom. The highest BCUT2D eigenvalue weighted by Gasteiger charge is 2.06. The molecule has 0 radical (unpaired) electrons. The lowest BCUT2D eigenvalue weighted by atomic mass is 10.1. The number of benzene rings is 1. The van der Waals surface area contributed by atoms with Crippen molar-refractivity contribution in [2.45, 2.75) is 26.6 Å². The fourth-order valence-corrected chi connectivity index (χ4v) is 1.48. The van der Waals surface area contributed by atoms with Crippen molar-refractivity contribution in [3.05, 3.63) is 29.3 Å². The summed E-state index contributed by atoms with van der Waals surface area (Å²) < 4.78 is 10.9. The summed E-state index contributed by atoms with van der Waals surface area (Å²) in [4.78, 5) is 0. The molecule has 6 heteroatoms. The highest BCUT2D eigenvalue weighted by atomic mass is 16.5. The number of nitrogens with zero attached hydrogens (tertiary/aromatic N) is 2. The van der Waals surface area contributed by atoms with Crippen molar-refractivity contribution >= 4 is 12.2 Å². The van der Waals surface area contributed by atoms with Crippen LogP contribution in [0.15, 0.2) is 28.4 Å². The van der Waals surface area contributed by atoms with E-state index in [4.69, 9.17) is 20.9 Å². The van der Waals surface area contributed by atoms with Gasteiger partial charge in [-0.25, -0.2) is 0 Å². The number of rotatable bonds is 6. The highest BCUT2D eigenvalue weighted by Crippen LogP contribution is 2.21. The summed E-state index contributed by atoms with van der Waals surface area (Å²) in [7, 11) is 1.64. The van der Waals surface area contributed by atoms with Crippen LogP contribution in [0.25, 0.3) is 0 Å². The molecule has 19 heavy (non-hydrogen) atoms. The van der Waals surface area contributed by atoms with E-state index in [0.717, 1.165) is 16.9 Å². The van der Waals surface area contributed by atoms with E-state index in [1.807, 2.05) is 32.0 Å². The van der Waals surface area contributed by atoms with E-state index < -0.39 is 0 Å². The molecule has 0 aromatic heterocycles. The van der Waals surface area contributed by atoms with E-state index in [1.54, 1.807) is 13.3 Å². The molecule has 0 aliphatic carbocycles. The third-order valence-electron chi connectivity index (χ3n) is 2.13. The van der Waals surface area contributed by atoms with Crippen molar-refractivity contribution in [1.82, 2.24) is 0 Å². The molecule has 0 unspecified atom stereocenters. The Labute approximate surface area is 113 Å². The average molecular weight is 264 g/mol. The van der Waals surface area contributed by atoms with Crippen molar-refractivity contribution in [3.8, 4) is 5.75 Å². The number of ether oxygens (including phenoxy) is 2. The summed E-state index contributed by atoms with van der Waals surface area (Å²) in [6.07, 6.45) is 1.68. The SMILES string of the molecule is COCc1cc(C=NN=C(N)N)ccc1OC(C)C. The van der Waals surface area contributed by atoms with Gasteiger partial charge >= 0.3 is 0 Å². The molecule has 0 saturated heterocycles. The van der Waals surface area contributed by atoms with Gasteiger partial charge in [0, 0.05) is 12.7 Å². The van der Waals surface area contributed by atoms with E-state index in [9.17, 15) is 0 Å². The fourth-order valence-electron chi connectivity index (χ4n) is 1.48. The van der Waals surface area contributed by atoms with Gasteiger partial charge in [0.05, 0.1) is 18.9 Å². The molecule has 4 N–H and O–H groups in total. The molecule has 1 aromatic carbocycles. The zero-order chi connectivity index (χ0) is 14.3. The first-order chi connectivity index (χ1) is 9.02. The summed E-state index contributed by atoms with van der Waals surface area (Å²) in [6, 6.07) is 5.68. The first-order valence-corrected chi connectivity index (χ1v) is 5.93. The molecule has 1 rings (SSSR count). The van der Waals surface area contributed by atoms with Gasteiger partial charge in [-0.05, 0) is 37.6 Å². The van der Waals surface area contributed by atoms with Crippen LogP contribution < -0.4 is 16.2 Å². The second-order valence-electron chi connectivity index (χ2n) is 4.24. The molecule has 1 aromatic rings. The van der Waals surface area contributed by atoms with Crippen molar-refractivity contribution in [1.29, 1.82) is 0 Å². The standard InChI is InChI=1S/C13H20N4O2/c1-9(2)19-12-5-4-10(6-11(12)8-18-3)7-16-17-13(14)15/h4-7,9H,8H2,1-3H3,(H4,14,15,17). The van der Waals surface area contributed by atoms with E-state index in [0.29, 0.717) is 6.61 Å². The van der Waals surface area contributed by atoms with Crippen LogP contribution in [-0.4, -0.2) is 25.4 Å². The van der Waals surface area contributed by atoms with Crippen LogP contribution in [-0.2, 0) is 11.3 Å². The highest BCUT2D eigenvalue weighted by molar-refractivity contribution is 5.82. The third kappa shape index (κ3) is 5.39. The van der Waals surface area contributed by atoms with Crippen LogP contribution >= 0.6 is 0 Å². The predicted octanol–water partition coefficient (Wildman–Crippen LogP) is 1.23. The van der Waals surface area contributed by atoms with E-state index in [2.05, 4.69) is 10.2 Å². The van der Waals surface area contributed by atoms with Crippen LogP contribution in [0, 0.1) is 0 Å². The molecule has 0 amide bonds. The second kappa shape index (κ2) is 7.38. The van der Waals surface area contributed by atoms with Crippen molar-refractivity contribution in [3.63, 3.8) is 0 Å². The normalized spacial score (nSPS) is 10.9. The maximum Gasteiger partial charge on any atom is 0.211 e. The quantitative estimate of drug-likeness (QED) is 0.459. The van der Waals surface area contributed by atoms with Gasteiger partial charge in [0.25, 0.3) is 0 Å². The minimum atomic E-state index is -0.0758. The minimum absolute atomic E-state index is 0.0758. The largest absolute Gasteiger partial charge is 0.491 e. The van der Waals surface area contributed by atoms with Crippen LogP contribution in [0.2, 0.25) is 0 Å². The molecular weight excluding hydrogens is 244 g/mol. The van der Waals surface area contributed by atoms with Crippen molar-refractivity contribution in [2.24, 2.45) is 21.7 Å². The van der Waals surface area contributed by atoms with Crippen LogP contribution in [0.4, 0.5) is 0 Å². The first kappa shape index (κ1) is 15.0. The number of methoxy groups -OCH3 is 1. The summed E-state index contributed by atoms with van der Waals surface area (Å²) in [5.41, 5.74) is 12.2. The van der Waals surface area contributed by atoms with Crippen molar-refractivity contribution < 1.29 is 9.47 Å². The molecule has 0 fully saturated rings. The molecule has 6 nitrogen and oxygen atoms in total. The average Bonchev–Trinajstić information content (AvgIpc) is 2.31. The van der Waals surface area contributed by atoms with E-state index >= 15 is 0 Å². The Morgan fingerprint density at radius 2 is 2.11 bits per heavy atom. The summed E-state index contributed by atoms with van der Waals surface area (Å²) >= 11 is 0. The monoisotopic (exact) mass is 264 g/mol. The van der Waals surface area contributed by atoms with Crippen LogP contribution in [0.1, 0.15) is 25.0 Å². The van der Waals surface area contributed by atoms with Crippen molar-refractivity contribution in [2.75, 3.05) is 7.11 Å². The lowest BCUT2D eigenvalue weighted by molar-refractivity contribution is 0.174. The molecular formula is C13H20N4O2. The molecule has 0 saturated carbocycles. The molecule has 0 atom stereocenters. The summed E-state index contributed by atoms with van der Waals surface area (Å²) in [5.74, 6) is 0.726. The van der Waals surface area contributed by atoms with Gasteiger partial charge in [-0.1, -0.05) is 0 Å². The number of nitrogens with two attached hydrogens (primary N) is 2. The Kier molecular flexibility index (Phi) is 5.81. The predicted molar refractivity (Wildman–Crippen MR) is 76.3 cm³/mol. The number of hydrogen-bond donors (Lipinski definition) is 2. The zero-order valence-corrected chi connectivity index (χ0v) is 11.5. The lowest BCUT2D eigenvalue weighted by Crippen LogP contribution is -2.21. The number of hydrogen-bond acceptors (Lipinski definition) is 4. The Hall–Kier alpha value is -2.08. The molecule has 104 valence electrons. The van der Waals surface area contributed by atoms with E-state index in [-0.39, 0.29) is 12.1 Å². The lowest BCUT2D eigenvalue weighted by Gasteiger charge is -2.14. The van der Waals surface area contributed by atoms with Gasteiger partial charge in [-0.2, -0.15) is 5.10 Å². The Balaban J connectivity index is 2.95. The summed E-state index contributed by atoms with van der Waals surface area (Å²) in [6.45, 7) is 4.42. The molecule has 0 aliphatic rings. The maximum absolute atomic E-state index is 5.70. The van der Waals surface area contributed by atoms with Gasteiger partial charge < -0.3 is 20.9 Å². The van der Waals surface area contributed by atoms with Gasteiger partial charge in [0.15, 0.2) is 0 Å². The fraction of sp³-hybridized carbons (Fsp3) is 0.385. The Morgan fingerprint density at radius 3 is 2.68 bits per heavy atom. The topological polar surface area (TPSA) is 95.2 Å². The van der Waals surface area contributed by atoms with Gasteiger partial charge in [0.1, 0.15) is 5.75 Å². The molecule has 0 bridgehead atoms. The first-order valence-electron chi connectivity index (χ1n) is 5.93. The Bertz CT molecular complexity index is 466. The van der Waals surface area contributed by atoms with Crippen LogP contribution in [0.3, 0.4) is 0 Å². The van der Waals surface area contributed by atoms with Gasteiger partial charge in [0.2, 0.25) is 5.96 Å². The maximum atomic E-state index is 5.70. The van der Waals surface area contributed by atoms with Gasteiger partial charge in [-0.3, -0.25) is 0 Å². The zero-order valence-electron chi connectivity index (χ0n) is 11.5. The summed E-state index contributed by atoms with van der Waals surface area (Å²) in [5, 5.41) is 7.31. The minimum Gasteiger partial charge on any atom is -0.491 e. The second-order valence-corrected chi connectivity index (χ2v) is 4.24. The molecule has 0 heterocycles.